The molecule has 0 aliphatic carbocycles. The van der Waals surface area contributed by atoms with Gasteiger partial charge in [0.2, 0.25) is 0 Å². The van der Waals surface area contributed by atoms with Crippen LogP contribution in [0.3, 0.4) is 0 Å². The van der Waals surface area contributed by atoms with Gasteiger partial charge in [0.1, 0.15) is 0 Å². The molecule has 0 amide bonds. The molecule has 0 aromatic carbocycles. The number of hydrogen-bond donors (Lipinski definition) is 1. The van der Waals surface area contributed by atoms with Gasteiger partial charge < -0.3 is 5.32 Å². The fourth-order valence-corrected chi connectivity index (χ4v) is 3.88. The normalized spacial score (nSPS) is 13.4. The molecule has 1 aromatic heterocycles. The largest absolute Gasteiger partial charge is 0.383 e. The highest BCUT2D eigenvalue weighted by Gasteiger charge is 2.28. The summed E-state index contributed by atoms with van der Waals surface area (Å²) in [6.45, 7) is 4.68. The van der Waals surface area contributed by atoms with Crippen LogP contribution in [0.4, 0.5) is 5.69 Å². The minimum Gasteiger partial charge on any atom is -0.383 e. The second-order valence-corrected chi connectivity index (χ2v) is 7.83. The lowest BCUT2D eigenvalue weighted by atomic mass is 10.3. The molecule has 1 heterocycles. The molecule has 0 aliphatic rings. The fourth-order valence-electron chi connectivity index (χ4n) is 1.83. The Bertz CT molecular complexity index is 535. The van der Waals surface area contributed by atoms with Crippen molar-refractivity contribution in [3.8, 4) is 0 Å². The molecule has 1 aromatic rings. The van der Waals surface area contributed by atoms with Crippen LogP contribution < -0.4 is 5.32 Å². The molecular formula is C14H25N3O2S2. The minimum absolute atomic E-state index is 0.0523. The Morgan fingerprint density at radius 2 is 2.19 bits per heavy atom. The van der Waals surface area contributed by atoms with E-state index in [-0.39, 0.29) is 11.1 Å². The van der Waals surface area contributed by atoms with Gasteiger partial charge in [-0.05, 0) is 43.9 Å². The molecule has 0 saturated carbocycles. The lowest BCUT2D eigenvalue weighted by Crippen LogP contribution is -2.36. The lowest BCUT2D eigenvalue weighted by Gasteiger charge is -2.24. The molecule has 0 bridgehead atoms. The predicted molar refractivity (Wildman–Crippen MR) is 90.4 cm³/mol. The first-order valence-electron chi connectivity index (χ1n) is 7.11. The molecule has 21 heavy (non-hydrogen) atoms. The van der Waals surface area contributed by atoms with E-state index in [1.807, 2.05) is 20.1 Å². The summed E-state index contributed by atoms with van der Waals surface area (Å²) in [5.41, 5.74) is 0.572. The average Bonchev–Trinajstić information content (AvgIpc) is 2.49. The minimum atomic E-state index is -3.58. The van der Waals surface area contributed by atoms with Crippen LogP contribution in [0.1, 0.15) is 26.7 Å². The summed E-state index contributed by atoms with van der Waals surface area (Å²) >= 11 is 1.72. The van der Waals surface area contributed by atoms with E-state index in [0.717, 1.165) is 25.1 Å². The maximum absolute atomic E-state index is 12.7. The number of aromatic nitrogens is 1. The van der Waals surface area contributed by atoms with Crippen LogP contribution in [0.5, 0.6) is 0 Å². The van der Waals surface area contributed by atoms with E-state index in [9.17, 15) is 8.42 Å². The molecule has 1 unspecified atom stereocenters. The summed E-state index contributed by atoms with van der Waals surface area (Å²) in [5, 5.41) is 3.24. The Morgan fingerprint density at radius 1 is 1.48 bits per heavy atom. The fraction of sp³-hybridized carbons (Fsp3) is 0.643. The molecule has 1 N–H and O–H groups in total. The molecule has 0 radical (unpaired) electrons. The summed E-state index contributed by atoms with van der Waals surface area (Å²) in [7, 11) is -1.96. The van der Waals surface area contributed by atoms with Crippen LogP contribution in [-0.4, -0.2) is 49.3 Å². The lowest BCUT2D eigenvalue weighted by molar-refractivity contribution is 0.381. The summed E-state index contributed by atoms with van der Waals surface area (Å²) in [4.78, 5) is 4.09. The van der Waals surface area contributed by atoms with Crippen molar-refractivity contribution in [2.45, 2.75) is 37.8 Å². The van der Waals surface area contributed by atoms with E-state index in [2.05, 4.69) is 10.3 Å². The number of pyridine rings is 1. The monoisotopic (exact) mass is 331 g/mol. The molecule has 1 atom stereocenters. The molecule has 0 aliphatic heterocycles. The maximum atomic E-state index is 12.7. The number of hydrogen-bond acceptors (Lipinski definition) is 5. The highest BCUT2D eigenvalue weighted by molar-refractivity contribution is 7.98. The maximum Gasteiger partial charge on any atom is 0.262 e. The highest BCUT2D eigenvalue weighted by Crippen LogP contribution is 2.23. The first-order chi connectivity index (χ1) is 9.95. The van der Waals surface area contributed by atoms with Crippen molar-refractivity contribution in [2.75, 3.05) is 30.9 Å². The van der Waals surface area contributed by atoms with Crippen LogP contribution in [0.15, 0.2) is 23.4 Å². The topological polar surface area (TPSA) is 62.3 Å². The van der Waals surface area contributed by atoms with Gasteiger partial charge >= 0.3 is 0 Å². The third-order valence-electron chi connectivity index (χ3n) is 3.32. The molecule has 0 spiro atoms. The van der Waals surface area contributed by atoms with E-state index in [1.54, 1.807) is 30.9 Å². The first kappa shape index (κ1) is 18.3. The van der Waals surface area contributed by atoms with Crippen LogP contribution in [-0.2, 0) is 10.0 Å². The summed E-state index contributed by atoms with van der Waals surface area (Å²) < 4.78 is 26.9. The van der Waals surface area contributed by atoms with E-state index < -0.39 is 10.0 Å². The van der Waals surface area contributed by atoms with Crippen LogP contribution in [0, 0.1) is 0 Å². The molecule has 0 fully saturated rings. The van der Waals surface area contributed by atoms with E-state index in [4.69, 9.17) is 0 Å². The zero-order valence-electron chi connectivity index (χ0n) is 13.2. The summed E-state index contributed by atoms with van der Waals surface area (Å²) in [6.07, 6.45) is 5.28. The Balaban J connectivity index is 3.01. The van der Waals surface area contributed by atoms with Crippen LogP contribution >= 0.6 is 11.8 Å². The Kier molecular flexibility index (Phi) is 7.48. The second kappa shape index (κ2) is 8.60. The Labute approximate surface area is 132 Å². The number of rotatable bonds is 9. The van der Waals surface area contributed by atoms with E-state index >= 15 is 0 Å². The van der Waals surface area contributed by atoms with Gasteiger partial charge in [-0.2, -0.15) is 16.1 Å². The number of thioether (sulfide) groups is 1. The van der Waals surface area contributed by atoms with Gasteiger partial charge in [0, 0.05) is 25.8 Å². The standard InChI is InChI=1S/C14H25N3O2S2/c1-5-9-15-13-7-6-10-16-14(13)21(18,19)17(3)12(2)8-11-20-4/h6-7,10,12,15H,5,8-9,11H2,1-4H3. The quantitative estimate of drug-likeness (QED) is 0.754. The Hall–Kier alpha value is -0.790. The molecule has 7 heteroatoms. The van der Waals surface area contributed by atoms with Gasteiger partial charge in [-0.25, -0.2) is 13.4 Å². The first-order valence-corrected chi connectivity index (χ1v) is 9.94. The number of sulfonamides is 1. The van der Waals surface area contributed by atoms with Crippen molar-refractivity contribution < 1.29 is 8.42 Å². The third kappa shape index (κ3) is 4.86. The van der Waals surface area contributed by atoms with Crippen molar-refractivity contribution in [2.24, 2.45) is 0 Å². The molecule has 120 valence electrons. The third-order valence-corrected chi connectivity index (χ3v) is 5.90. The summed E-state index contributed by atoms with van der Waals surface area (Å²) in [6, 6.07) is 3.45. The van der Waals surface area contributed by atoms with Crippen molar-refractivity contribution in [1.29, 1.82) is 0 Å². The van der Waals surface area contributed by atoms with Crippen molar-refractivity contribution >= 4 is 27.5 Å². The molecular weight excluding hydrogens is 306 g/mol. The van der Waals surface area contributed by atoms with Gasteiger partial charge in [-0.3, -0.25) is 0 Å². The van der Waals surface area contributed by atoms with Gasteiger partial charge in [0.25, 0.3) is 10.0 Å². The Morgan fingerprint density at radius 3 is 2.81 bits per heavy atom. The van der Waals surface area contributed by atoms with Crippen molar-refractivity contribution in [3.05, 3.63) is 18.3 Å². The van der Waals surface area contributed by atoms with Gasteiger partial charge in [-0.1, -0.05) is 6.92 Å². The van der Waals surface area contributed by atoms with Gasteiger partial charge in [0.15, 0.2) is 5.03 Å². The molecule has 1 rings (SSSR count). The van der Waals surface area contributed by atoms with Crippen LogP contribution in [0.25, 0.3) is 0 Å². The molecule has 5 nitrogen and oxygen atoms in total. The van der Waals surface area contributed by atoms with Crippen LogP contribution in [0.2, 0.25) is 0 Å². The van der Waals surface area contributed by atoms with Gasteiger partial charge in [0.05, 0.1) is 5.69 Å². The average molecular weight is 332 g/mol. The number of nitrogens with one attached hydrogen (secondary N) is 1. The number of nitrogens with zero attached hydrogens (tertiary/aromatic N) is 2. The van der Waals surface area contributed by atoms with Crippen molar-refractivity contribution in [1.82, 2.24) is 9.29 Å². The zero-order valence-corrected chi connectivity index (χ0v) is 14.8. The smallest absolute Gasteiger partial charge is 0.262 e. The van der Waals surface area contributed by atoms with Gasteiger partial charge in [-0.15, -0.1) is 0 Å². The van der Waals surface area contributed by atoms with E-state index in [0.29, 0.717) is 5.69 Å². The SMILES string of the molecule is CCCNc1cccnc1S(=O)(=O)N(C)C(C)CCSC. The summed E-state index contributed by atoms with van der Waals surface area (Å²) in [5.74, 6) is 0.935. The zero-order chi connectivity index (χ0) is 15.9. The second-order valence-electron chi connectivity index (χ2n) is 4.93. The predicted octanol–water partition coefficient (Wildman–Crippen LogP) is 2.67. The number of anilines is 1. The molecule has 0 saturated heterocycles. The van der Waals surface area contributed by atoms with E-state index in [1.165, 1.54) is 10.5 Å². The highest BCUT2D eigenvalue weighted by atomic mass is 32.2. The van der Waals surface area contributed by atoms with Crippen molar-refractivity contribution in [3.63, 3.8) is 0 Å².